The highest BCUT2D eigenvalue weighted by atomic mass is 32.2. The number of nitrogens with one attached hydrogen (secondary N) is 1. The maximum Gasteiger partial charge on any atom is 0.255 e. The van der Waals surface area contributed by atoms with E-state index in [2.05, 4.69) is 5.32 Å². The maximum absolute atomic E-state index is 13.2. The number of hydrogen-bond donors (Lipinski definition) is 1. The molecule has 0 aliphatic carbocycles. The summed E-state index contributed by atoms with van der Waals surface area (Å²) in [5.41, 5.74) is 2.32. The highest BCUT2D eigenvalue weighted by molar-refractivity contribution is 7.89. The molecule has 2 aromatic rings. The Morgan fingerprint density at radius 3 is 2.22 bits per heavy atom. The molecule has 2 saturated heterocycles. The van der Waals surface area contributed by atoms with Gasteiger partial charge < -0.3 is 10.2 Å². The van der Waals surface area contributed by atoms with Gasteiger partial charge in [-0.1, -0.05) is 18.9 Å². The largest absolute Gasteiger partial charge is 0.322 e. The van der Waals surface area contributed by atoms with Crippen LogP contribution in [0.25, 0.3) is 0 Å². The molecule has 2 heterocycles. The van der Waals surface area contributed by atoms with Crippen LogP contribution in [0, 0.1) is 6.92 Å². The Morgan fingerprint density at radius 1 is 0.906 bits per heavy atom. The van der Waals surface area contributed by atoms with Crippen molar-refractivity contribution in [2.75, 3.05) is 29.9 Å². The van der Waals surface area contributed by atoms with Gasteiger partial charge in [0.2, 0.25) is 15.9 Å². The first-order valence-corrected chi connectivity index (χ1v) is 12.6. The van der Waals surface area contributed by atoms with E-state index in [0.717, 1.165) is 37.8 Å². The second-order valence-electron chi connectivity index (χ2n) is 8.45. The summed E-state index contributed by atoms with van der Waals surface area (Å²) < 4.78 is 28.0. The number of carbonyl (C=O) groups excluding carboxylic acids is 2. The van der Waals surface area contributed by atoms with Crippen molar-refractivity contribution in [2.45, 2.75) is 50.3 Å². The van der Waals surface area contributed by atoms with Crippen molar-refractivity contribution >= 4 is 33.2 Å². The molecule has 170 valence electrons. The van der Waals surface area contributed by atoms with Crippen LogP contribution in [0.5, 0.6) is 0 Å². The molecule has 32 heavy (non-hydrogen) atoms. The molecule has 2 amide bonds. The summed E-state index contributed by atoms with van der Waals surface area (Å²) >= 11 is 0. The molecule has 2 aliphatic rings. The molecular weight excluding hydrogens is 426 g/mol. The lowest BCUT2D eigenvalue weighted by molar-refractivity contribution is -0.117. The average Bonchev–Trinajstić information content (AvgIpc) is 3.02. The summed E-state index contributed by atoms with van der Waals surface area (Å²) in [5, 5.41) is 2.82. The fourth-order valence-corrected chi connectivity index (χ4v) is 6.06. The number of hydrogen-bond acceptors (Lipinski definition) is 4. The number of anilines is 2. The van der Waals surface area contributed by atoms with Crippen LogP contribution in [0.4, 0.5) is 11.4 Å². The van der Waals surface area contributed by atoms with Crippen LogP contribution < -0.4 is 10.2 Å². The Hall–Kier alpha value is -2.71. The van der Waals surface area contributed by atoms with Crippen LogP contribution >= 0.6 is 0 Å². The van der Waals surface area contributed by atoms with Crippen LogP contribution in [0.3, 0.4) is 0 Å². The Morgan fingerprint density at radius 2 is 1.59 bits per heavy atom. The molecule has 0 aromatic heterocycles. The van der Waals surface area contributed by atoms with E-state index in [1.54, 1.807) is 40.4 Å². The van der Waals surface area contributed by atoms with E-state index in [0.29, 0.717) is 42.9 Å². The topological polar surface area (TPSA) is 86.8 Å². The predicted octanol–water partition coefficient (Wildman–Crippen LogP) is 3.94. The van der Waals surface area contributed by atoms with Gasteiger partial charge in [-0.2, -0.15) is 4.31 Å². The molecule has 1 N–H and O–H groups in total. The van der Waals surface area contributed by atoms with E-state index in [4.69, 9.17) is 0 Å². The molecule has 2 fully saturated rings. The minimum Gasteiger partial charge on any atom is -0.322 e. The van der Waals surface area contributed by atoms with Gasteiger partial charge >= 0.3 is 0 Å². The molecule has 2 aromatic carbocycles. The molecule has 0 saturated carbocycles. The minimum absolute atomic E-state index is 0.111. The normalized spacial score (nSPS) is 17.9. The Kier molecular flexibility index (Phi) is 6.62. The average molecular weight is 456 g/mol. The highest BCUT2D eigenvalue weighted by Gasteiger charge is 2.27. The van der Waals surface area contributed by atoms with Crippen molar-refractivity contribution in [3.8, 4) is 0 Å². The van der Waals surface area contributed by atoms with E-state index < -0.39 is 10.0 Å². The van der Waals surface area contributed by atoms with Crippen molar-refractivity contribution in [1.29, 1.82) is 0 Å². The second-order valence-corrected chi connectivity index (χ2v) is 10.4. The van der Waals surface area contributed by atoms with Crippen molar-refractivity contribution < 1.29 is 18.0 Å². The van der Waals surface area contributed by atoms with Gasteiger partial charge in [-0.25, -0.2) is 8.42 Å². The van der Waals surface area contributed by atoms with Crippen LogP contribution in [-0.2, 0) is 14.8 Å². The molecule has 7 nitrogen and oxygen atoms in total. The third-order valence-electron chi connectivity index (χ3n) is 6.14. The van der Waals surface area contributed by atoms with Gasteiger partial charge in [0.15, 0.2) is 0 Å². The van der Waals surface area contributed by atoms with Crippen LogP contribution in [0.2, 0.25) is 0 Å². The zero-order chi connectivity index (χ0) is 22.7. The predicted molar refractivity (Wildman–Crippen MR) is 124 cm³/mol. The quantitative estimate of drug-likeness (QED) is 0.740. The smallest absolute Gasteiger partial charge is 0.255 e. The third kappa shape index (κ3) is 4.71. The fourth-order valence-electron chi connectivity index (χ4n) is 4.29. The molecule has 0 bridgehead atoms. The van der Waals surface area contributed by atoms with Crippen LogP contribution in [0.15, 0.2) is 47.4 Å². The summed E-state index contributed by atoms with van der Waals surface area (Å²) in [4.78, 5) is 26.7. The van der Waals surface area contributed by atoms with Crippen LogP contribution in [-0.4, -0.2) is 44.2 Å². The van der Waals surface area contributed by atoms with Crippen molar-refractivity contribution in [2.24, 2.45) is 0 Å². The second kappa shape index (κ2) is 9.42. The summed E-state index contributed by atoms with van der Waals surface area (Å²) in [6.45, 7) is 3.50. The number of sulfonamides is 1. The van der Waals surface area contributed by atoms with E-state index in [9.17, 15) is 18.0 Å². The third-order valence-corrected chi connectivity index (χ3v) is 8.18. The number of carbonyl (C=O) groups is 2. The Bertz CT molecular complexity index is 1100. The molecule has 2 aliphatic heterocycles. The maximum atomic E-state index is 13.2. The lowest BCUT2D eigenvalue weighted by atomic mass is 10.1. The molecule has 0 spiro atoms. The van der Waals surface area contributed by atoms with Crippen molar-refractivity contribution in [3.05, 3.63) is 53.6 Å². The monoisotopic (exact) mass is 455 g/mol. The Labute approximate surface area is 189 Å². The standard InChI is InChI=1S/C24H29N3O4S/c1-18-8-9-19(17-22(18)32(30,31)26-14-4-2-3-5-15-26)24(29)25-20-10-12-21(13-11-20)27-16-6-7-23(27)28/h8-13,17H,2-7,14-16H2,1H3,(H,25,29). The van der Waals surface area contributed by atoms with E-state index in [-0.39, 0.29) is 16.7 Å². The highest BCUT2D eigenvalue weighted by Crippen LogP contribution is 2.26. The molecule has 8 heteroatoms. The molecule has 0 radical (unpaired) electrons. The summed E-state index contributed by atoms with van der Waals surface area (Å²) in [5.74, 6) is -0.262. The number of amides is 2. The molecule has 0 atom stereocenters. The summed E-state index contributed by atoms with van der Waals surface area (Å²) in [7, 11) is -3.65. The summed E-state index contributed by atoms with van der Waals surface area (Å²) in [6, 6.07) is 11.9. The van der Waals surface area contributed by atoms with E-state index in [1.165, 1.54) is 6.07 Å². The number of rotatable bonds is 5. The van der Waals surface area contributed by atoms with E-state index >= 15 is 0 Å². The SMILES string of the molecule is Cc1ccc(C(=O)Nc2ccc(N3CCCC3=O)cc2)cc1S(=O)(=O)N1CCCCCC1. The Balaban J connectivity index is 1.51. The number of nitrogens with zero attached hydrogens (tertiary/aromatic N) is 2. The van der Waals surface area contributed by atoms with Gasteiger partial charge in [-0.05, 0) is 68.1 Å². The van der Waals surface area contributed by atoms with Gasteiger partial charge in [0.05, 0.1) is 4.90 Å². The fraction of sp³-hybridized carbons (Fsp3) is 0.417. The van der Waals surface area contributed by atoms with Gasteiger partial charge in [-0.3, -0.25) is 9.59 Å². The minimum atomic E-state index is -3.65. The first-order valence-electron chi connectivity index (χ1n) is 11.2. The van der Waals surface area contributed by atoms with Gasteiger partial charge in [0, 0.05) is 43.0 Å². The molecular formula is C24H29N3O4S. The zero-order valence-electron chi connectivity index (χ0n) is 18.3. The summed E-state index contributed by atoms with van der Waals surface area (Å²) in [6.07, 6.45) is 5.22. The number of benzene rings is 2. The van der Waals surface area contributed by atoms with Gasteiger partial charge in [0.25, 0.3) is 5.91 Å². The first kappa shape index (κ1) is 22.5. The number of aryl methyl sites for hydroxylation is 1. The molecule has 0 unspecified atom stereocenters. The van der Waals surface area contributed by atoms with Crippen molar-refractivity contribution in [3.63, 3.8) is 0 Å². The van der Waals surface area contributed by atoms with E-state index in [1.807, 2.05) is 12.1 Å². The van der Waals surface area contributed by atoms with Crippen molar-refractivity contribution in [1.82, 2.24) is 4.31 Å². The zero-order valence-corrected chi connectivity index (χ0v) is 19.2. The first-order chi connectivity index (χ1) is 15.4. The molecule has 4 rings (SSSR count). The van der Waals surface area contributed by atoms with Crippen LogP contribution in [0.1, 0.15) is 54.4 Å². The lowest BCUT2D eigenvalue weighted by Gasteiger charge is -2.21. The lowest BCUT2D eigenvalue weighted by Crippen LogP contribution is -2.32. The van der Waals surface area contributed by atoms with Gasteiger partial charge in [0.1, 0.15) is 0 Å². The van der Waals surface area contributed by atoms with Gasteiger partial charge in [-0.15, -0.1) is 0 Å².